The summed E-state index contributed by atoms with van der Waals surface area (Å²) >= 11 is 0. The van der Waals surface area contributed by atoms with Gasteiger partial charge in [0, 0.05) is 61.9 Å². The van der Waals surface area contributed by atoms with Crippen molar-refractivity contribution in [3.63, 3.8) is 0 Å². The maximum atomic E-state index is 2.76. The van der Waals surface area contributed by atoms with E-state index in [0.29, 0.717) is 0 Å². The normalized spacial score (nSPS) is 16.8. The van der Waals surface area contributed by atoms with E-state index in [2.05, 4.69) is 336 Å². The molecule has 13 rings (SSSR count). The quantitative estimate of drug-likeness (QED) is 0.154. The number of hydrogen-bond donors (Lipinski definition) is 0. The molecule has 9 aromatic rings. The Morgan fingerprint density at radius 2 is 0.787 bits per heavy atom. The van der Waals surface area contributed by atoms with E-state index in [-0.39, 0.29) is 50.0 Å². The van der Waals surface area contributed by atoms with Crippen LogP contribution >= 0.6 is 0 Å². The van der Waals surface area contributed by atoms with Crippen molar-refractivity contribution in [1.82, 2.24) is 0 Å². The monoisotopic (exact) mass is 1170 g/mol. The van der Waals surface area contributed by atoms with Gasteiger partial charge in [0.25, 0.3) is 6.71 Å². The average Bonchev–Trinajstić information content (AvgIpc) is 0.695. The summed E-state index contributed by atoms with van der Waals surface area (Å²) in [6, 6.07) is 69.9. The summed E-state index contributed by atoms with van der Waals surface area (Å²) in [7, 11) is 0. The SMILES string of the molecule is Cc1cc2c(cc1N1c3cc4c(cc3B3c5ccc(N(c6ccc(C(C)(C)C)cc6)c6ccc(C(C)(C)C)cc6)cc5N(c5ccc(C(C)(C)C)cc5-c5ccccc5)c5cc(C(C)(C)C)cc1c53)C(C)(C)c1ccccc1C4(C)C)C(C)(C)CCC2(C)C. The summed E-state index contributed by atoms with van der Waals surface area (Å²) in [6.45, 7) is 50.2. The number of hydrogen-bond acceptors (Lipinski definition) is 3. The van der Waals surface area contributed by atoms with Crippen LogP contribution in [-0.2, 0) is 43.3 Å². The zero-order valence-corrected chi connectivity index (χ0v) is 57.6. The van der Waals surface area contributed by atoms with E-state index in [1.165, 1.54) is 129 Å². The summed E-state index contributed by atoms with van der Waals surface area (Å²) in [5, 5.41) is 0. The van der Waals surface area contributed by atoms with Crippen molar-refractivity contribution in [2.45, 2.75) is 202 Å². The Bertz CT molecular complexity index is 4240. The second-order valence-electron chi connectivity index (χ2n) is 33.5. The highest BCUT2D eigenvalue weighted by Gasteiger charge is 2.50. The molecule has 0 N–H and O–H groups in total. The van der Waals surface area contributed by atoms with Crippen molar-refractivity contribution >= 4 is 74.3 Å². The molecule has 0 aromatic heterocycles. The lowest BCUT2D eigenvalue weighted by molar-refractivity contribution is 0.332. The number of fused-ring (bicyclic) bond motifs is 7. The molecular weight excluding hydrogens is 1070 g/mol. The van der Waals surface area contributed by atoms with Crippen molar-refractivity contribution in [2.75, 3.05) is 14.7 Å². The lowest BCUT2D eigenvalue weighted by Crippen LogP contribution is -2.62. The molecule has 0 fully saturated rings. The first-order valence-electron chi connectivity index (χ1n) is 33.2. The Hall–Kier alpha value is -7.56. The molecule has 0 saturated heterocycles. The van der Waals surface area contributed by atoms with E-state index < -0.39 is 0 Å². The van der Waals surface area contributed by atoms with Crippen LogP contribution in [0.15, 0.2) is 176 Å². The molecule has 3 nitrogen and oxygen atoms in total. The third-order valence-electron chi connectivity index (χ3n) is 21.5. The van der Waals surface area contributed by atoms with Crippen molar-refractivity contribution in [2.24, 2.45) is 0 Å². The molecule has 0 saturated carbocycles. The number of aryl methyl sites for hydroxylation is 1. The molecule has 9 aromatic carbocycles. The summed E-state index contributed by atoms with van der Waals surface area (Å²) in [4.78, 5) is 7.97. The average molecular weight is 1170 g/mol. The van der Waals surface area contributed by atoms with Crippen molar-refractivity contribution < 1.29 is 0 Å². The van der Waals surface area contributed by atoms with Crippen molar-refractivity contribution in [1.29, 1.82) is 0 Å². The largest absolute Gasteiger partial charge is 0.311 e. The van der Waals surface area contributed by atoms with E-state index in [9.17, 15) is 0 Å². The zero-order chi connectivity index (χ0) is 63.7. The summed E-state index contributed by atoms with van der Waals surface area (Å²) in [6.07, 6.45) is 2.32. The second-order valence-corrected chi connectivity index (χ2v) is 33.5. The number of benzene rings is 9. The first-order valence-corrected chi connectivity index (χ1v) is 33.2. The standard InChI is InChI=1S/C85H96BN3/c1-53-45-65-66(83(16,17)44-43-82(65,14)15)51-72(53)89-74-52-68-67(84(18,19)63-29-25-26-30-64(63)85(68,20)21)50-70(74)86-69-41-40-61(87(59-36-31-55(32-37-59)78(2,3)4)60-38-33-56(34-39-60)79(5,6)7)49-73(69)88(75-47-58(81(11,12)13)48-76(89)77(75)86)71-42-35-57(80(8,9)10)46-62(71)54-27-23-22-24-28-54/h22-42,45-52H,43-44H2,1-21H3. The van der Waals surface area contributed by atoms with Gasteiger partial charge in [-0.15, -0.1) is 0 Å². The number of anilines is 9. The molecule has 0 bridgehead atoms. The predicted molar refractivity (Wildman–Crippen MR) is 386 cm³/mol. The van der Waals surface area contributed by atoms with Crippen LogP contribution in [0.25, 0.3) is 11.1 Å². The van der Waals surface area contributed by atoms with Crippen LogP contribution < -0.4 is 31.1 Å². The van der Waals surface area contributed by atoms with Gasteiger partial charge in [0.1, 0.15) is 0 Å². The molecule has 454 valence electrons. The van der Waals surface area contributed by atoms with E-state index >= 15 is 0 Å². The summed E-state index contributed by atoms with van der Waals surface area (Å²) < 4.78 is 0. The fraction of sp³-hybridized carbons (Fsp3) is 0.365. The Balaban J connectivity index is 1.18. The predicted octanol–water partition coefficient (Wildman–Crippen LogP) is 21.7. The van der Waals surface area contributed by atoms with E-state index in [1.54, 1.807) is 0 Å². The topological polar surface area (TPSA) is 9.72 Å². The molecule has 0 unspecified atom stereocenters. The smallest absolute Gasteiger partial charge is 0.252 e. The third kappa shape index (κ3) is 9.83. The lowest BCUT2D eigenvalue weighted by Gasteiger charge is -2.49. The molecule has 0 atom stereocenters. The highest BCUT2D eigenvalue weighted by Crippen LogP contribution is 2.56. The molecule has 4 heteroatoms. The zero-order valence-electron chi connectivity index (χ0n) is 57.6. The van der Waals surface area contributed by atoms with Gasteiger partial charge < -0.3 is 14.7 Å². The van der Waals surface area contributed by atoms with E-state index in [1.807, 2.05) is 0 Å². The van der Waals surface area contributed by atoms with Gasteiger partial charge in [-0.25, -0.2) is 0 Å². The van der Waals surface area contributed by atoms with Crippen molar-refractivity contribution in [3.8, 4) is 11.1 Å². The van der Waals surface area contributed by atoms with Crippen LogP contribution in [-0.4, -0.2) is 6.71 Å². The molecule has 2 heterocycles. The fourth-order valence-corrected chi connectivity index (χ4v) is 15.7. The second kappa shape index (κ2) is 20.2. The summed E-state index contributed by atoms with van der Waals surface area (Å²) in [5.74, 6) is 0. The first-order chi connectivity index (χ1) is 41.6. The van der Waals surface area contributed by atoms with Crippen molar-refractivity contribution in [3.05, 3.63) is 237 Å². The number of rotatable bonds is 6. The van der Waals surface area contributed by atoms with Crippen LogP contribution in [0.4, 0.5) is 51.2 Å². The maximum absolute atomic E-state index is 2.76. The molecule has 0 radical (unpaired) electrons. The Kier molecular flexibility index (Phi) is 13.7. The van der Waals surface area contributed by atoms with Gasteiger partial charge in [-0.2, -0.15) is 0 Å². The van der Waals surface area contributed by atoms with Gasteiger partial charge in [-0.05, 0) is 208 Å². The van der Waals surface area contributed by atoms with E-state index in [0.717, 1.165) is 23.5 Å². The minimum atomic E-state index is -0.268. The first kappa shape index (κ1) is 60.4. The van der Waals surface area contributed by atoms with Crippen LogP contribution in [0.1, 0.15) is 213 Å². The van der Waals surface area contributed by atoms with E-state index in [4.69, 9.17) is 0 Å². The van der Waals surface area contributed by atoms with Gasteiger partial charge in [0.05, 0.1) is 5.69 Å². The molecule has 89 heavy (non-hydrogen) atoms. The maximum Gasteiger partial charge on any atom is 0.252 e. The van der Waals surface area contributed by atoms with Crippen LogP contribution in [0.2, 0.25) is 0 Å². The molecular formula is C85H96BN3. The van der Waals surface area contributed by atoms with Gasteiger partial charge in [-0.3, -0.25) is 0 Å². The Morgan fingerprint density at radius 3 is 1.30 bits per heavy atom. The van der Waals surface area contributed by atoms with Crippen LogP contribution in [0.3, 0.4) is 0 Å². The molecule has 4 aliphatic rings. The van der Waals surface area contributed by atoms with Gasteiger partial charge in [0.15, 0.2) is 0 Å². The molecule has 2 aliphatic carbocycles. The fourth-order valence-electron chi connectivity index (χ4n) is 15.7. The summed E-state index contributed by atoms with van der Waals surface area (Å²) in [5.41, 5.74) is 31.6. The minimum Gasteiger partial charge on any atom is -0.311 e. The highest BCUT2D eigenvalue weighted by atomic mass is 15.2. The van der Waals surface area contributed by atoms with Crippen LogP contribution in [0, 0.1) is 6.92 Å². The third-order valence-corrected chi connectivity index (χ3v) is 21.5. The van der Waals surface area contributed by atoms with Gasteiger partial charge >= 0.3 is 0 Å². The molecule has 0 spiro atoms. The van der Waals surface area contributed by atoms with Gasteiger partial charge in [0.2, 0.25) is 0 Å². The van der Waals surface area contributed by atoms with Crippen LogP contribution in [0.5, 0.6) is 0 Å². The Morgan fingerprint density at radius 1 is 0.348 bits per heavy atom. The highest BCUT2D eigenvalue weighted by molar-refractivity contribution is 7.00. The Labute approximate surface area is 535 Å². The molecule has 0 amide bonds. The number of nitrogens with zero attached hydrogens (tertiary/aromatic N) is 3. The molecule has 2 aliphatic heterocycles. The lowest BCUT2D eigenvalue weighted by atomic mass is 9.33. The van der Waals surface area contributed by atoms with Gasteiger partial charge in [-0.1, -0.05) is 242 Å². The minimum absolute atomic E-state index is 0.00433.